The number of nitrogens with zero attached hydrogens (tertiary/aromatic N) is 1. The maximum Gasteiger partial charge on any atom is 0.243 e. The molecule has 0 radical (unpaired) electrons. The smallest absolute Gasteiger partial charge is 0.243 e. The van der Waals surface area contributed by atoms with Crippen molar-refractivity contribution < 1.29 is 14.3 Å². The maximum atomic E-state index is 11.7. The van der Waals surface area contributed by atoms with Crippen molar-refractivity contribution in [1.29, 1.82) is 0 Å². The van der Waals surface area contributed by atoms with Crippen LogP contribution in [0, 0.1) is 0 Å². The molecule has 0 aromatic heterocycles. The van der Waals surface area contributed by atoms with E-state index in [1.165, 1.54) is 0 Å². The van der Waals surface area contributed by atoms with Crippen LogP contribution in [0.15, 0.2) is 24.3 Å². The van der Waals surface area contributed by atoms with E-state index in [1.807, 2.05) is 24.0 Å². The summed E-state index contributed by atoms with van der Waals surface area (Å²) >= 11 is 0. The number of carbonyl (C=O) groups excluding carboxylic acids is 2. The number of hydrogen-bond acceptors (Lipinski definition) is 5. The predicted molar refractivity (Wildman–Crippen MR) is 75.2 cm³/mol. The topological polar surface area (TPSA) is 84.7 Å². The lowest BCUT2D eigenvalue weighted by atomic mass is 10.1. The number of anilines is 1. The molecule has 1 aliphatic rings. The summed E-state index contributed by atoms with van der Waals surface area (Å²) in [7, 11) is 0. The van der Waals surface area contributed by atoms with Gasteiger partial charge in [0.25, 0.3) is 0 Å². The van der Waals surface area contributed by atoms with Crippen molar-refractivity contribution in [3.63, 3.8) is 0 Å². The molecule has 1 unspecified atom stereocenters. The van der Waals surface area contributed by atoms with Gasteiger partial charge in [-0.25, -0.2) is 0 Å². The van der Waals surface area contributed by atoms with Crippen molar-refractivity contribution in [3.05, 3.63) is 24.3 Å². The summed E-state index contributed by atoms with van der Waals surface area (Å²) in [6.07, 6.45) is 0.659. The van der Waals surface area contributed by atoms with Gasteiger partial charge in [0, 0.05) is 6.54 Å². The lowest BCUT2D eigenvalue weighted by Gasteiger charge is -2.33. The Hall–Kier alpha value is -2.08. The Labute approximate surface area is 117 Å². The largest absolute Gasteiger partial charge is 0.490 e. The van der Waals surface area contributed by atoms with Crippen LogP contribution in [0.5, 0.6) is 5.75 Å². The first kappa shape index (κ1) is 14.3. The molecule has 3 N–H and O–H groups in total. The van der Waals surface area contributed by atoms with Crippen molar-refractivity contribution >= 4 is 17.5 Å². The van der Waals surface area contributed by atoms with Crippen LogP contribution in [-0.4, -0.2) is 42.5 Å². The van der Waals surface area contributed by atoms with E-state index in [4.69, 9.17) is 10.5 Å². The summed E-state index contributed by atoms with van der Waals surface area (Å²) in [6, 6.07) is 6.97. The summed E-state index contributed by atoms with van der Waals surface area (Å²) in [5, 5.41) is 2.35. The van der Waals surface area contributed by atoms with Crippen molar-refractivity contribution in [2.75, 3.05) is 25.4 Å². The number of carbonyl (C=O) groups is 2. The molecule has 1 saturated heterocycles. The van der Waals surface area contributed by atoms with Gasteiger partial charge in [-0.3, -0.25) is 19.8 Å². The van der Waals surface area contributed by atoms with Crippen LogP contribution in [0.1, 0.15) is 13.3 Å². The molecule has 0 aliphatic carbocycles. The zero-order valence-corrected chi connectivity index (χ0v) is 11.5. The van der Waals surface area contributed by atoms with Crippen molar-refractivity contribution in [2.45, 2.75) is 19.4 Å². The lowest BCUT2D eigenvalue weighted by molar-refractivity contribution is -0.140. The summed E-state index contributed by atoms with van der Waals surface area (Å²) in [6.45, 7) is 3.03. The van der Waals surface area contributed by atoms with E-state index in [0.717, 1.165) is 0 Å². The molecule has 6 nitrogen and oxygen atoms in total. The molecule has 2 amide bonds. The highest BCUT2D eigenvalue weighted by Crippen LogP contribution is 2.19. The lowest BCUT2D eigenvalue weighted by Crippen LogP contribution is -2.58. The van der Waals surface area contributed by atoms with E-state index in [-0.39, 0.29) is 24.4 Å². The van der Waals surface area contributed by atoms with Gasteiger partial charge >= 0.3 is 0 Å². The maximum absolute atomic E-state index is 11.7. The quantitative estimate of drug-likeness (QED) is 0.600. The number of piperazine rings is 1. The number of benzene rings is 1. The number of para-hydroxylation sites is 2. The average Bonchev–Trinajstić information content (AvgIpc) is 2.40. The van der Waals surface area contributed by atoms with Gasteiger partial charge in [-0.05, 0) is 18.6 Å². The molecule has 108 valence electrons. The fourth-order valence-electron chi connectivity index (χ4n) is 2.28. The molecule has 0 saturated carbocycles. The molecule has 2 rings (SSSR count). The molecule has 6 heteroatoms. The van der Waals surface area contributed by atoms with Crippen molar-refractivity contribution in [2.24, 2.45) is 0 Å². The second-order valence-corrected chi connectivity index (χ2v) is 4.69. The Morgan fingerprint density at radius 2 is 2.15 bits per heavy atom. The molecule has 1 atom stereocenters. The third kappa shape index (κ3) is 3.27. The summed E-state index contributed by atoms with van der Waals surface area (Å²) in [5.41, 5.74) is 6.36. The van der Waals surface area contributed by atoms with Crippen LogP contribution in [0.25, 0.3) is 0 Å². The number of imide groups is 1. The first-order valence-electron chi connectivity index (χ1n) is 6.67. The number of nitrogens with one attached hydrogen (secondary N) is 1. The van der Waals surface area contributed by atoms with Gasteiger partial charge in [0.2, 0.25) is 11.8 Å². The van der Waals surface area contributed by atoms with E-state index in [0.29, 0.717) is 31.0 Å². The van der Waals surface area contributed by atoms with Crippen LogP contribution in [0.3, 0.4) is 0 Å². The standard InChI is InChI=1S/C14H19N3O3/c1-2-11-14(19)16-13(18)9-17(11)7-8-20-12-6-4-3-5-10(12)15/h3-6,11H,2,7-9,15H2,1H3,(H,16,18,19). The second kappa shape index (κ2) is 6.38. The van der Waals surface area contributed by atoms with Crippen LogP contribution in [0.4, 0.5) is 5.69 Å². The average molecular weight is 277 g/mol. The van der Waals surface area contributed by atoms with E-state index < -0.39 is 0 Å². The number of rotatable bonds is 5. The normalized spacial score (nSPS) is 19.8. The Balaban J connectivity index is 1.90. The third-order valence-corrected chi connectivity index (χ3v) is 3.29. The molecule has 20 heavy (non-hydrogen) atoms. The molecule has 0 bridgehead atoms. The monoisotopic (exact) mass is 277 g/mol. The van der Waals surface area contributed by atoms with Crippen LogP contribution in [0.2, 0.25) is 0 Å². The summed E-state index contributed by atoms with van der Waals surface area (Å²) in [4.78, 5) is 24.9. The second-order valence-electron chi connectivity index (χ2n) is 4.69. The van der Waals surface area contributed by atoms with Gasteiger partial charge in [-0.15, -0.1) is 0 Å². The molecule has 1 aromatic carbocycles. The van der Waals surface area contributed by atoms with E-state index in [9.17, 15) is 9.59 Å². The van der Waals surface area contributed by atoms with Gasteiger partial charge in [0.05, 0.1) is 18.3 Å². The zero-order valence-electron chi connectivity index (χ0n) is 11.5. The molecule has 1 fully saturated rings. The molecule has 1 heterocycles. The van der Waals surface area contributed by atoms with Crippen molar-refractivity contribution in [3.8, 4) is 5.75 Å². The minimum Gasteiger partial charge on any atom is -0.490 e. The first-order chi connectivity index (χ1) is 9.61. The number of amides is 2. The number of ether oxygens (including phenoxy) is 1. The highest BCUT2D eigenvalue weighted by Gasteiger charge is 2.31. The van der Waals surface area contributed by atoms with Crippen LogP contribution < -0.4 is 15.8 Å². The predicted octanol–water partition coefficient (Wildman–Crippen LogP) is 0.385. The fourth-order valence-corrected chi connectivity index (χ4v) is 2.28. The molecule has 1 aliphatic heterocycles. The van der Waals surface area contributed by atoms with Crippen LogP contribution >= 0.6 is 0 Å². The number of nitrogens with two attached hydrogens (primary N) is 1. The number of hydrogen-bond donors (Lipinski definition) is 2. The first-order valence-corrected chi connectivity index (χ1v) is 6.67. The highest BCUT2D eigenvalue weighted by atomic mass is 16.5. The van der Waals surface area contributed by atoms with E-state index >= 15 is 0 Å². The summed E-state index contributed by atoms with van der Waals surface area (Å²) < 4.78 is 5.59. The minimum absolute atomic E-state index is 0.220. The molecular weight excluding hydrogens is 258 g/mol. The Bertz CT molecular complexity index is 504. The Kier molecular flexibility index (Phi) is 4.57. The Morgan fingerprint density at radius 3 is 2.85 bits per heavy atom. The number of nitrogen functional groups attached to an aromatic ring is 1. The SMILES string of the molecule is CCC1C(=O)NC(=O)CN1CCOc1ccccc1N. The van der Waals surface area contributed by atoms with Gasteiger partial charge in [0.1, 0.15) is 12.4 Å². The third-order valence-electron chi connectivity index (χ3n) is 3.29. The summed E-state index contributed by atoms with van der Waals surface area (Å²) in [5.74, 6) is 0.121. The van der Waals surface area contributed by atoms with Crippen molar-refractivity contribution in [1.82, 2.24) is 10.2 Å². The van der Waals surface area contributed by atoms with Gasteiger partial charge in [0.15, 0.2) is 0 Å². The van der Waals surface area contributed by atoms with E-state index in [2.05, 4.69) is 5.32 Å². The Morgan fingerprint density at radius 1 is 1.40 bits per heavy atom. The zero-order chi connectivity index (χ0) is 14.5. The minimum atomic E-state index is -0.274. The highest BCUT2D eigenvalue weighted by molar-refractivity contribution is 6.01. The van der Waals surface area contributed by atoms with Crippen LogP contribution in [-0.2, 0) is 9.59 Å². The molecule has 1 aromatic rings. The van der Waals surface area contributed by atoms with Gasteiger partial charge in [-0.1, -0.05) is 19.1 Å². The molecule has 0 spiro atoms. The van der Waals surface area contributed by atoms with Gasteiger partial charge in [-0.2, -0.15) is 0 Å². The molecular formula is C14H19N3O3. The van der Waals surface area contributed by atoms with E-state index in [1.54, 1.807) is 12.1 Å². The fraction of sp³-hybridized carbons (Fsp3) is 0.429. The van der Waals surface area contributed by atoms with Gasteiger partial charge < -0.3 is 10.5 Å².